The smallest absolute Gasteiger partial charge is 0.160 e. The second kappa shape index (κ2) is 9.34. The van der Waals surface area contributed by atoms with Crippen LogP contribution >= 0.6 is 22.7 Å². The summed E-state index contributed by atoms with van der Waals surface area (Å²) in [4.78, 5) is 17.7. The zero-order valence-electron chi connectivity index (χ0n) is 18.8. The van der Waals surface area contributed by atoms with Gasteiger partial charge >= 0.3 is 0 Å². The summed E-state index contributed by atoms with van der Waals surface area (Å²) < 4.78 is 0. The number of carbonyl (C=O) groups excluding carboxylic acids is 1. The monoisotopic (exact) mass is 487 g/mol. The molecule has 0 aliphatic heterocycles. The van der Waals surface area contributed by atoms with Gasteiger partial charge in [-0.2, -0.15) is 0 Å². The summed E-state index contributed by atoms with van der Waals surface area (Å²) in [7, 11) is 0. The van der Waals surface area contributed by atoms with Crippen molar-refractivity contribution in [3.8, 4) is 20.2 Å². The van der Waals surface area contributed by atoms with Crippen molar-refractivity contribution in [3.05, 3.63) is 126 Å². The maximum Gasteiger partial charge on any atom is 0.160 e. The zero-order valence-corrected chi connectivity index (χ0v) is 20.4. The van der Waals surface area contributed by atoms with Gasteiger partial charge in [0.1, 0.15) is 0 Å². The molecule has 0 spiro atoms. The largest absolute Gasteiger partial charge is 0.310 e. The molecule has 0 saturated carbocycles. The molecular formula is C31H21NOS2. The lowest BCUT2D eigenvalue weighted by atomic mass is 10.0. The molecule has 6 rings (SSSR count). The molecule has 0 atom stereocenters. The van der Waals surface area contributed by atoms with Crippen molar-refractivity contribution in [1.29, 1.82) is 0 Å². The van der Waals surface area contributed by atoms with Crippen LogP contribution < -0.4 is 4.90 Å². The maximum absolute atomic E-state index is 11.1. The molecule has 4 aromatic carbocycles. The molecule has 168 valence electrons. The van der Waals surface area contributed by atoms with E-state index >= 15 is 0 Å². The van der Waals surface area contributed by atoms with Crippen LogP contribution in [0.5, 0.6) is 0 Å². The van der Waals surface area contributed by atoms with E-state index in [4.69, 9.17) is 0 Å². The summed E-state index contributed by atoms with van der Waals surface area (Å²) in [6.45, 7) is 0. The van der Waals surface area contributed by atoms with Crippen molar-refractivity contribution in [3.63, 3.8) is 0 Å². The summed E-state index contributed by atoms with van der Waals surface area (Å²) in [5, 5.41) is 2.42. The number of carbonyl (C=O) groups is 1. The molecule has 2 nitrogen and oxygen atoms in total. The minimum atomic E-state index is 0.756. The third kappa shape index (κ3) is 4.08. The molecule has 0 unspecified atom stereocenters. The number of para-hydroxylation sites is 2. The van der Waals surface area contributed by atoms with E-state index < -0.39 is 0 Å². The van der Waals surface area contributed by atoms with Gasteiger partial charge in [0.25, 0.3) is 0 Å². The summed E-state index contributed by atoms with van der Waals surface area (Å²) >= 11 is 3.30. The molecule has 0 amide bonds. The Hall–Kier alpha value is -3.99. The summed E-state index contributed by atoms with van der Waals surface area (Å²) in [5.41, 5.74) is 4.61. The fourth-order valence-electron chi connectivity index (χ4n) is 4.44. The Bertz CT molecular complexity index is 1580. The van der Waals surface area contributed by atoms with Crippen LogP contribution in [-0.4, -0.2) is 6.29 Å². The van der Waals surface area contributed by atoms with Gasteiger partial charge in [0, 0.05) is 31.4 Å². The Labute approximate surface area is 212 Å². The van der Waals surface area contributed by atoms with Gasteiger partial charge in [0.15, 0.2) is 6.29 Å². The van der Waals surface area contributed by atoms with Crippen LogP contribution in [0, 0.1) is 0 Å². The van der Waals surface area contributed by atoms with Crippen LogP contribution in [0.1, 0.15) is 9.67 Å². The second-order valence-electron chi connectivity index (χ2n) is 8.17. The molecule has 6 aromatic rings. The fourth-order valence-corrected chi connectivity index (χ4v) is 6.40. The van der Waals surface area contributed by atoms with Gasteiger partial charge in [-0.25, -0.2) is 0 Å². The topological polar surface area (TPSA) is 20.3 Å². The third-order valence-corrected chi connectivity index (χ3v) is 8.35. The molecule has 0 radical (unpaired) electrons. The number of rotatable bonds is 6. The second-order valence-corrected chi connectivity index (χ2v) is 10.4. The van der Waals surface area contributed by atoms with E-state index in [1.54, 1.807) is 11.3 Å². The summed E-state index contributed by atoms with van der Waals surface area (Å²) in [5.74, 6) is 0. The molecule has 35 heavy (non-hydrogen) atoms. The number of nitrogens with zero attached hydrogens (tertiary/aromatic N) is 1. The van der Waals surface area contributed by atoms with Crippen molar-refractivity contribution in [2.24, 2.45) is 0 Å². The zero-order chi connectivity index (χ0) is 23.6. The highest BCUT2D eigenvalue weighted by molar-refractivity contribution is 7.24. The molecule has 0 bridgehead atoms. The van der Waals surface area contributed by atoms with E-state index in [0.29, 0.717) is 0 Å². The quantitative estimate of drug-likeness (QED) is 0.218. The molecule has 4 heteroatoms. The van der Waals surface area contributed by atoms with Crippen molar-refractivity contribution in [2.75, 3.05) is 4.90 Å². The lowest BCUT2D eigenvalue weighted by molar-refractivity contribution is 0.112. The first-order chi connectivity index (χ1) is 17.3. The van der Waals surface area contributed by atoms with E-state index in [9.17, 15) is 4.79 Å². The number of aldehydes is 1. The molecule has 0 fully saturated rings. The summed E-state index contributed by atoms with van der Waals surface area (Å²) in [6, 6.07) is 42.4. The number of hydrogen-bond acceptors (Lipinski definition) is 4. The van der Waals surface area contributed by atoms with Crippen molar-refractivity contribution >= 4 is 56.8 Å². The normalized spacial score (nSPS) is 11.0. The molecule has 2 heterocycles. The number of fused-ring (bicyclic) bond motifs is 1. The van der Waals surface area contributed by atoms with Crippen LogP contribution in [0.3, 0.4) is 0 Å². The Morgan fingerprint density at radius 2 is 1.09 bits per heavy atom. The van der Waals surface area contributed by atoms with Crippen LogP contribution in [0.25, 0.3) is 31.0 Å². The first-order valence-electron chi connectivity index (χ1n) is 11.4. The lowest BCUT2D eigenvalue weighted by Gasteiger charge is -2.27. The van der Waals surface area contributed by atoms with E-state index in [2.05, 4.69) is 102 Å². The SMILES string of the molecule is O=Cc1ccc(-c2ccc(-c3ccc(N(c4ccccc4)c4ccccc4)c4ccccc34)s2)s1. The third-order valence-electron chi connectivity index (χ3n) is 6.03. The summed E-state index contributed by atoms with van der Waals surface area (Å²) in [6.07, 6.45) is 0.917. The predicted molar refractivity (Wildman–Crippen MR) is 151 cm³/mol. The van der Waals surface area contributed by atoms with Gasteiger partial charge in [0.05, 0.1) is 10.6 Å². The van der Waals surface area contributed by atoms with Crippen LogP contribution in [0.4, 0.5) is 17.1 Å². The number of benzene rings is 4. The van der Waals surface area contributed by atoms with Crippen LogP contribution in [-0.2, 0) is 0 Å². The number of hydrogen-bond donors (Lipinski definition) is 0. The highest BCUT2D eigenvalue weighted by Gasteiger charge is 2.17. The first-order valence-corrected chi connectivity index (χ1v) is 13.0. The average Bonchev–Trinajstić information content (AvgIpc) is 3.60. The van der Waals surface area contributed by atoms with Gasteiger partial charge in [-0.3, -0.25) is 4.79 Å². The Morgan fingerprint density at radius 3 is 1.74 bits per heavy atom. The lowest BCUT2D eigenvalue weighted by Crippen LogP contribution is -2.10. The standard InChI is InChI=1S/C31H21NOS2/c33-21-24-15-18-30(34-24)31-20-19-29(35-31)27-16-17-28(26-14-8-7-13-25(26)27)32(22-9-3-1-4-10-22)23-11-5-2-6-12-23/h1-21H. The Balaban J connectivity index is 1.50. The van der Waals surface area contributed by atoms with Gasteiger partial charge < -0.3 is 4.90 Å². The molecule has 0 saturated heterocycles. The highest BCUT2D eigenvalue weighted by atomic mass is 32.1. The molecule has 0 aliphatic rings. The van der Waals surface area contributed by atoms with Crippen molar-refractivity contribution < 1.29 is 4.79 Å². The predicted octanol–water partition coefficient (Wildman–Crippen LogP) is 9.58. The van der Waals surface area contributed by atoms with Gasteiger partial charge in [-0.15, -0.1) is 22.7 Å². The number of thiophene rings is 2. The van der Waals surface area contributed by atoms with Gasteiger partial charge in [0.2, 0.25) is 0 Å². The Morgan fingerprint density at radius 1 is 0.514 bits per heavy atom. The van der Waals surface area contributed by atoms with Crippen molar-refractivity contribution in [1.82, 2.24) is 0 Å². The molecular weight excluding hydrogens is 466 g/mol. The molecule has 0 aliphatic carbocycles. The minimum Gasteiger partial charge on any atom is -0.310 e. The molecule has 2 aromatic heterocycles. The van der Waals surface area contributed by atoms with Gasteiger partial charge in [-0.05, 0) is 65.5 Å². The van der Waals surface area contributed by atoms with Crippen molar-refractivity contribution in [2.45, 2.75) is 0 Å². The maximum atomic E-state index is 11.1. The van der Waals surface area contributed by atoms with Gasteiger partial charge in [-0.1, -0.05) is 66.7 Å². The average molecular weight is 488 g/mol. The van der Waals surface area contributed by atoms with Crippen LogP contribution in [0.2, 0.25) is 0 Å². The Kier molecular flexibility index (Phi) is 5.75. The highest BCUT2D eigenvalue weighted by Crippen LogP contribution is 2.44. The van der Waals surface area contributed by atoms with E-state index in [-0.39, 0.29) is 0 Å². The first kappa shape index (κ1) is 21.5. The van der Waals surface area contributed by atoms with E-state index in [0.717, 1.165) is 33.1 Å². The molecule has 0 N–H and O–H groups in total. The van der Waals surface area contributed by atoms with E-state index in [1.807, 2.05) is 24.3 Å². The number of anilines is 3. The minimum absolute atomic E-state index is 0.756. The van der Waals surface area contributed by atoms with Crippen LogP contribution in [0.15, 0.2) is 121 Å². The fraction of sp³-hybridized carbons (Fsp3) is 0. The van der Waals surface area contributed by atoms with E-state index in [1.165, 1.54) is 37.4 Å².